The number of aromatic nitrogens is 8. The van der Waals surface area contributed by atoms with Crippen molar-refractivity contribution in [1.29, 1.82) is 0 Å². The molecular weight excluding hydrogens is 522 g/mol. The second-order valence-electron chi connectivity index (χ2n) is 7.18. The summed E-state index contributed by atoms with van der Waals surface area (Å²) in [6.07, 6.45) is -6.74. The fraction of sp³-hybridized carbons (Fsp3) is 0.353. The van der Waals surface area contributed by atoms with Crippen molar-refractivity contribution in [2.24, 2.45) is 0 Å². The highest BCUT2D eigenvalue weighted by Crippen LogP contribution is 2.46. The number of hydrogen-bond donors (Lipinski definition) is 2. The fourth-order valence-electron chi connectivity index (χ4n) is 2.95. The summed E-state index contributed by atoms with van der Waals surface area (Å²) in [5.41, 5.74) is -0.0228. The van der Waals surface area contributed by atoms with Gasteiger partial charge in [-0.25, -0.2) is 19.9 Å². The van der Waals surface area contributed by atoms with Crippen LogP contribution < -0.4 is 0 Å². The Morgan fingerprint density at radius 2 is 1.67 bits per heavy atom. The number of imidazole rings is 2. The van der Waals surface area contributed by atoms with Gasteiger partial charge in [0, 0.05) is 18.0 Å². The van der Waals surface area contributed by atoms with Crippen LogP contribution >= 0.6 is 0 Å². The van der Waals surface area contributed by atoms with Gasteiger partial charge in [-0.3, -0.25) is 9.50 Å². The van der Waals surface area contributed by atoms with Gasteiger partial charge in [0.15, 0.2) is 5.82 Å². The highest BCUT2D eigenvalue weighted by Gasteiger charge is 2.73. The van der Waals surface area contributed by atoms with Gasteiger partial charge >= 0.3 is 24.2 Å². The van der Waals surface area contributed by atoms with Crippen molar-refractivity contribution in [3.8, 4) is 22.9 Å². The molecule has 0 fully saturated rings. The normalized spacial score (nSPS) is 13.6. The first-order valence-corrected chi connectivity index (χ1v) is 9.37. The predicted molar refractivity (Wildman–Crippen MR) is 96.6 cm³/mol. The molecular formula is C17H10F10N8O. The third kappa shape index (κ3) is 4.44. The molecule has 4 aromatic rings. The second kappa shape index (κ2) is 8.42. The second-order valence-corrected chi connectivity index (χ2v) is 7.18. The standard InChI is InChI=1S/C17H10F10N8O/c18-14(19,16(23,24)17(25,26)27)5-36-4-7-1-29-13-31-9(11-32-12(34-33-11)15(20,21)22)10(35(13)3-7)8-2-28-6-30-8/h1-3,6H,4-5H2,(H,28,30)(H,32,33,34). The van der Waals surface area contributed by atoms with Gasteiger partial charge in [0.1, 0.15) is 18.0 Å². The van der Waals surface area contributed by atoms with E-state index in [2.05, 4.69) is 39.9 Å². The van der Waals surface area contributed by atoms with Gasteiger partial charge in [0.05, 0.1) is 24.8 Å². The molecule has 19 heteroatoms. The minimum atomic E-state index is -6.50. The number of nitrogens with zero attached hydrogens (tertiary/aromatic N) is 6. The van der Waals surface area contributed by atoms with E-state index in [1.165, 1.54) is 16.9 Å². The van der Waals surface area contributed by atoms with Crippen molar-refractivity contribution in [3.05, 3.63) is 36.3 Å². The molecule has 2 N–H and O–H groups in total. The first-order chi connectivity index (χ1) is 16.6. The van der Waals surface area contributed by atoms with Crippen molar-refractivity contribution in [2.45, 2.75) is 30.8 Å². The molecule has 0 unspecified atom stereocenters. The average Bonchev–Trinajstić information content (AvgIpc) is 3.50. The van der Waals surface area contributed by atoms with Crippen LogP contribution in [0.4, 0.5) is 43.9 Å². The van der Waals surface area contributed by atoms with Crippen LogP contribution in [0.3, 0.4) is 0 Å². The Bertz CT molecular complexity index is 1360. The quantitative estimate of drug-likeness (QED) is 0.344. The molecule has 4 aromatic heterocycles. The minimum Gasteiger partial charge on any atom is -0.370 e. The third-order valence-corrected chi connectivity index (χ3v) is 4.62. The lowest BCUT2D eigenvalue weighted by Crippen LogP contribution is -2.54. The minimum absolute atomic E-state index is 0.0376. The lowest BCUT2D eigenvalue weighted by molar-refractivity contribution is -0.361. The van der Waals surface area contributed by atoms with Crippen LogP contribution in [-0.4, -0.2) is 64.1 Å². The Hall–Kier alpha value is -3.77. The first kappa shape index (κ1) is 25.3. The molecule has 4 heterocycles. The Kier molecular flexibility index (Phi) is 5.92. The molecule has 9 nitrogen and oxygen atoms in total. The molecule has 194 valence electrons. The number of halogens is 10. The van der Waals surface area contributed by atoms with Crippen molar-refractivity contribution >= 4 is 5.78 Å². The van der Waals surface area contributed by atoms with Crippen molar-refractivity contribution in [3.63, 3.8) is 0 Å². The summed E-state index contributed by atoms with van der Waals surface area (Å²) in [6, 6.07) is 0. The zero-order valence-corrected chi connectivity index (χ0v) is 17.1. The number of alkyl halides is 10. The molecule has 0 aliphatic carbocycles. The van der Waals surface area contributed by atoms with Crippen LogP contribution in [0, 0.1) is 0 Å². The van der Waals surface area contributed by atoms with E-state index in [9.17, 15) is 43.9 Å². The molecule has 0 aliphatic rings. The van der Waals surface area contributed by atoms with E-state index in [1.807, 2.05) is 0 Å². The van der Waals surface area contributed by atoms with Crippen LogP contribution in [0.1, 0.15) is 11.4 Å². The Labute approximate surface area is 191 Å². The lowest BCUT2D eigenvalue weighted by atomic mass is 10.2. The van der Waals surface area contributed by atoms with Crippen LogP contribution in [0.25, 0.3) is 28.7 Å². The number of hydrogen-bond acceptors (Lipinski definition) is 6. The van der Waals surface area contributed by atoms with Crippen molar-refractivity contribution < 1.29 is 48.6 Å². The van der Waals surface area contributed by atoms with E-state index in [4.69, 9.17) is 0 Å². The molecule has 0 aromatic carbocycles. The van der Waals surface area contributed by atoms with Crippen LogP contribution in [-0.2, 0) is 17.5 Å². The number of fused-ring (bicyclic) bond motifs is 1. The number of aromatic amines is 2. The lowest BCUT2D eigenvalue weighted by Gasteiger charge is -2.27. The highest BCUT2D eigenvalue weighted by atomic mass is 19.4. The van der Waals surface area contributed by atoms with Gasteiger partial charge in [-0.15, -0.1) is 5.10 Å². The van der Waals surface area contributed by atoms with Gasteiger partial charge in [0.2, 0.25) is 5.78 Å². The Morgan fingerprint density at radius 1 is 0.944 bits per heavy atom. The van der Waals surface area contributed by atoms with E-state index in [0.717, 1.165) is 12.4 Å². The molecule has 4 rings (SSSR count). The molecule has 0 saturated carbocycles. The maximum Gasteiger partial charge on any atom is 0.459 e. The smallest absolute Gasteiger partial charge is 0.370 e. The molecule has 0 spiro atoms. The van der Waals surface area contributed by atoms with Crippen molar-refractivity contribution in [2.75, 3.05) is 6.61 Å². The summed E-state index contributed by atoms with van der Waals surface area (Å²) in [7, 11) is 0. The van der Waals surface area contributed by atoms with Gasteiger partial charge in [0.25, 0.3) is 5.82 Å². The summed E-state index contributed by atoms with van der Waals surface area (Å²) in [5.74, 6) is -13.9. The third-order valence-electron chi connectivity index (χ3n) is 4.62. The van der Waals surface area contributed by atoms with Crippen LogP contribution in [0.5, 0.6) is 0 Å². The largest absolute Gasteiger partial charge is 0.459 e. The molecule has 0 amide bonds. The predicted octanol–water partition coefficient (Wildman–Crippen LogP) is 4.27. The van der Waals surface area contributed by atoms with Gasteiger partial charge < -0.3 is 9.72 Å². The van der Waals surface area contributed by atoms with E-state index < -0.39 is 49.1 Å². The molecule has 0 bridgehead atoms. The number of nitrogens with one attached hydrogen (secondary N) is 2. The van der Waals surface area contributed by atoms with Gasteiger partial charge in [-0.1, -0.05) is 0 Å². The summed E-state index contributed by atoms with van der Waals surface area (Å²) in [6.45, 7) is -3.14. The molecule has 36 heavy (non-hydrogen) atoms. The summed E-state index contributed by atoms with van der Waals surface area (Å²) >= 11 is 0. The molecule has 0 saturated heterocycles. The Balaban J connectivity index is 1.65. The highest BCUT2D eigenvalue weighted by molar-refractivity contribution is 5.76. The first-order valence-electron chi connectivity index (χ1n) is 9.37. The van der Waals surface area contributed by atoms with Gasteiger partial charge in [-0.2, -0.15) is 43.9 Å². The topological polar surface area (TPSA) is 110 Å². The summed E-state index contributed by atoms with van der Waals surface area (Å²) in [4.78, 5) is 17.8. The van der Waals surface area contributed by atoms with E-state index in [0.29, 0.717) is 0 Å². The van der Waals surface area contributed by atoms with Crippen LogP contribution in [0.2, 0.25) is 0 Å². The maximum absolute atomic E-state index is 13.4. The van der Waals surface area contributed by atoms with E-state index in [-0.39, 0.29) is 28.4 Å². The Morgan fingerprint density at radius 3 is 2.25 bits per heavy atom. The SMILES string of the molecule is FC(F)(F)c1n[nH]c(-c2nc3ncc(COCC(F)(F)C(F)(F)C(F)(F)F)cn3c2-c2cnc[nH]2)n1. The number of H-pyrrole nitrogens is 2. The molecule has 0 aliphatic heterocycles. The molecule has 0 atom stereocenters. The zero-order chi connectivity index (χ0) is 26.5. The molecule has 0 radical (unpaired) electrons. The summed E-state index contributed by atoms with van der Waals surface area (Å²) < 4.78 is 134. The van der Waals surface area contributed by atoms with E-state index in [1.54, 1.807) is 0 Å². The van der Waals surface area contributed by atoms with Crippen molar-refractivity contribution in [1.82, 2.24) is 39.5 Å². The monoisotopic (exact) mass is 532 g/mol. The van der Waals surface area contributed by atoms with Gasteiger partial charge in [-0.05, 0) is 0 Å². The average molecular weight is 532 g/mol. The summed E-state index contributed by atoms with van der Waals surface area (Å²) in [5, 5.41) is 5.18. The fourth-order valence-corrected chi connectivity index (χ4v) is 2.95. The van der Waals surface area contributed by atoms with Crippen LogP contribution in [0.15, 0.2) is 24.9 Å². The number of rotatable bonds is 7. The number of ether oxygens (including phenoxy) is 1. The maximum atomic E-state index is 13.4. The zero-order valence-electron chi connectivity index (χ0n) is 17.1. The van der Waals surface area contributed by atoms with E-state index >= 15 is 0 Å².